The molecule has 3 heterocycles. The monoisotopic (exact) mass is 487 g/mol. The van der Waals surface area contributed by atoms with Crippen molar-refractivity contribution < 1.29 is 32.2 Å². The first-order chi connectivity index (χ1) is 16.7. The first kappa shape index (κ1) is 22.7. The second-order valence-corrected chi connectivity index (χ2v) is 7.93. The summed E-state index contributed by atoms with van der Waals surface area (Å²) in [5.74, 6) is -1.25. The molecule has 1 atom stereocenters. The van der Waals surface area contributed by atoms with E-state index in [9.17, 15) is 22.4 Å². The van der Waals surface area contributed by atoms with E-state index >= 15 is 0 Å². The van der Waals surface area contributed by atoms with Crippen LogP contribution in [-0.4, -0.2) is 56.8 Å². The number of nitrogens with one attached hydrogen (secondary N) is 1. The molecule has 1 aliphatic heterocycles. The van der Waals surface area contributed by atoms with Crippen LogP contribution in [0.5, 0.6) is 0 Å². The smallest absolute Gasteiger partial charge is 0.416 e. The number of aromatic nitrogens is 4. The Balaban J connectivity index is 1.38. The maximum atomic E-state index is 14.9. The summed E-state index contributed by atoms with van der Waals surface area (Å²) in [6, 6.07) is 7.45. The van der Waals surface area contributed by atoms with Crippen LogP contribution in [0.15, 0.2) is 48.8 Å². The zero-order valence-electron chi connectivity index (χ0n) is 17.9. The van der Waals surface area contributed by atoms with Gasteiger partial charge in [-0.3, -0.25) is 0 Å². The fourth-order valence-corrected chi connectivity index (χ4v) is 3.81. The van der Waals surface area contributed by atoms with Crippen LogP contribution >= 0.6 is 0 Å². The lowest BCUT2D eigenvalue weighted by molar-refractivity contribution is -0.150. The van der Waals surface area contributed by atoms with E-state index in [1.54, 1.807) is 11.0 Å². The van der Waals surface area contributed by atoms with Crippen molar-refractivity contribution in [3.8, 4) is 22.5 Å². The lowest BCUT2D eigenvalue weighted by Crippen LogP contribution is -2.46. The summed E-state index contributed by atoms with van der Waals surface area (Å²) in [7, 11) is 0. The number of aliphatic carboxylic acids is 1. The van der Waals surface area contributed by atoms with Gasteiger partial charge in [-0.15, -0.1) is 0 Å². The number of imidazole rings is 1. The van der Waals surface area contributed by atoms with Crippen molar-refractivity contribution in [3.63, 3.8) is 0 Å². The Hall–Kier alpha value is -4.06. The van der Waals surface area contributed by atoms with Crippen LogP contribution in [0.25, 0.3) is 33.5 Å². The second kappa shape index (κ2) is 8.62. The molecule has 2 N–H and O–H groups in total. The summed E-state index contributed by atoms with van der Waals surface area (Å²) in [6.45, 7) is 0.780. The van der Waals surface area contributed by atoms with Crippen molar-refractivity contribution in [3.05, 3.63) is 60.2 Å². The minimum atomic E-state index is -4.50. The molecule has 4 aromatic rings. The minimum Gasteiger partial charge on any atom is -0.479 e. The zero-order valence-corrected chi connectivity index (χ0v) is 17.9. The van der Waals surface area contributed by atoms with Gasteiger partial charge >= 0.3 is 12.1 Å². The molecule has 1 fully saturated rings. The standard InChI is InChI=1S/C23H17F4N5O3/c24-16-7-12(13-9-28-22(29-10-13)32-5-6-35-19(11-32)21(33)34)1-3-15(16)20-30-17-4-2-14(23(25,26)27)8-18(17)31-20/h1-4,7-10,19H,5-6,11H2,(H,30,31)(H,33,34). The quantitative estimate of drug-likeness (QED) is 0.417. The minimum absolute atomic E-state index is 0.101. The van der Waals surface area contributed by atoms with Crippen LogP contribution < -0.4 is 4.90 Å². The third kappa shape index (κ3) is 4.52. The van der Waals surface area contributed by atoms with Gasteiger partial charge < -0.3 is 19.7 Å². The number of halogens is 4. The highest BCUT2D eigenvalue weighted by molar-refractivity contribution is 5.81. The molecule has 180 valence electrons. The van der Waals surface area contributed by atoms with E-state index in [1.807, 2.05) is 0 Å². The van der Waals surface area contributed by atoms with E-state index < -0.39 is 29.6 Å². The van der Waals surface area contributed by atoms with Gasteiger partial charge in [0, 0.05) is 24.5 Å². The first-order valence-corrected chi connectivity index (χ1v) is 10.5. The molecular formula is C23H17F4N5O3. The number of carbonyl (C=O) groups is 1. The van der Waals surface area contributed by atoms with E-state index in [4.69, 9.17) is 9.84 Å². The predicted octanol–water partition coefficient (Wildman–Crippen LogP) is 4.13. The lowest BCUT2D eigenvalue weighted by Gasteiger charge is -2.30. The van der Waals surface area contributed by atoms with Crippen LogP contribution in [-0.2, 0) is 15.7 Å². The van der Waals surface area contributed by atoms with Crippen LogP contribution in [0.4, 0.5) is 23.5 Å². The highest BCUT2D eigenvalue weighted by Crippen LogP contribution is 2.33. The molecule has 1 unspecified atom stereocenters. The average molecular weight is 487 g/mol. The Labute approximate surface area is 195 Å². The largest absolute Gasteiger partial charge is 0.479 e. The molecule has 0 radical (unpaired) electrons. The lowest BCUT2D eigenvalue weighted by atomic mass is 10.1. The SMILES string of the molecule is O=C(O)C1CN(c2ncc(-c3ccc(-c4nc5ccc(C(F)(F)F)cc5[nH]4)c(F)c3)cn2)CCO1. The van der Waals surface area contributed by atoms with E-state index in [1.165, 1.54) is 30.6 Å². The molecule has 8 nitrogen and oxygen atoms in total. The van der Waals surface area contributed by atoms with Crippen molar-refractivity contribution in [2.75, 3.05) is 24.6 Å². The molecule has 0 saturated carbocycles. The Morgan fingerprint density at radius 3 is 2.57 bits per heavy atom. The van der Waals surface area contributed by atoms with Crippen molar-refractivity contribution in [1.29, 1.82) is 0 Å². The van der Waals surface area contributed by atoms with Gasteiger partial charge in [0.15, 0.2) is 6.10 Å². The molecule has 0 bridgehead atoms. The Kier molecular flexibility index (Phi) is 5.59. The molecule has 2 aromatic heterocycles. The van der Waals surface area contributed by atoms with Gasteiger partial charge in [0.1, 0.15) is 11.6 Å². The van der Waals surface area contributed by atoms with Crippen LogP contribution in [0, 0.1) is 5.82 Å². The summed E-state index contributed by atoms with van der Waals surface area (Å²) in [5, 5.41) is 9.13. The number of morpholine rings is 1. The van der Waals surface area contributed by atoms with Gasteiger partial charge in [-0.1, -0.05) is 6.07 Å². The van der Waals surface area contributed by atoms with Crippen LogP contribution in [0.3, 0.4) is 0 Å². The highest BCUT2D eigenvalue weighted by atomic mass is 19.4. The summed E-state index contributed by atoms with van der Waals surface area (Å²) in [4.78, 5) is 28.4. The van der Waals surface area contributed by atoms with Gasteiger partial charge in [-0.25, -0.2) is 24.1 Å². The zero-order chi connectivity index (χ0) is 24.7. The number of carboxylic acid groups (broad SMARTS) is 1. The summed E-state index contributed by atoms with van der Waals surface area (Å²) in [5.41, 5.74) is 0.726. The summed E-state index contributed by atoms with van der Waals surface area (Å²) >= 11 is 0. The maximum absolute atomic E-state index is 14.9. The number of rotatable bonds is 4. The van der Waals surface area contributed by atoms with Crippen molar-refractivity contribution in [2.24, 2.45) is 0 Å². The van der Waals surface area contributed by atoms with Crippen molar-refractivity contribution in [2.45, 2.75) is 12.3 Å². The number of benzene rings is 2. The van der Waals surface area contributed by atoms with Gasteiger partial charge in [-0.05, 0) is 35.9 Å². The number of aromatic amines is 1. The van der Waals surface area contributed by atoms with E-state index in [-0.39, 0.29) is 35.6 Å². The number of ether oxygens (including phenoxy) is 1. The topological polar surface area (TPSA) is 104 Å². The van der Waals surface area contributed by atoms with Crippen molar-refractivity contribution in [1.82, 2.24) is 19.9 Å². The molecule has 0 spiro atoms. The molecular weight excluding hydrogens is 470 g/mol. The number of anilines is 1. The van der Waals surface area contributed by atoms with E-state index in [0.717, 1.165) is 12.1 Å². The Morgan fingerprint density at radius 2 is 1.89 bits per heavy atom. The number of carboxylic acids is 1. The number of hydrogen-bond donors (Lipinski definition) is 2. The molecule has 2 aromatic carbocycles. The third-order valence-corrected chi connectivity index (χ3v) is 5.63. The molecule has 5 rings (SSSR count). The highest BCUT2D eigenvalue weighted by Gasteiger charge is 2.31. The average Bonchev–Trinajstić information content (AvgIpc) is 3.27. The molecule has 12 heteroatoms. The number of hydrogen-bond acceptors (Lipinski definition) is 6. The van der Waals surface area contributed by atoms with Crippen molar-refractivity contribution >= 4 is 23.0 Å². The molecule has 1 aliphatic rings. The maximum Gasteiger partial charge on any atom is 0.416 e. The Morgan fingerprint density at radius 1 is 1.11 bits per heavy atom. The van der Waals surface area contributed by atoms with Crippen LogP contribution in [0.1, 0.15) is 5.56 Å². The predicted molar refractivity (Wildman–Crippen MR) is 117 cm³/mol. The molecule has 1 saturated heterocycles. The van der Waals surface area contributed by atoms with E-state index in [0.29, 0.717) is 23.6 Å². The number of nitrogens with zero attached hydrogens (tertiary/aromatic N) is 4. The number of H-pyrrole nitrogens is 1. The fourth-order valence-electron chi connectivity index (χ4n) is 3.81. The molecule has 35 heavy (non-hydrogen) atoms. The van der Waals surface area contributed by atoms with Crippen LogP contribution in [0.2, 0.25) is 0 Å². The van der Waals surface area contributed by atoms with Gasteiger partial charge in [-0.2, -0.15) is 13.2 Å². The third-order valence-electron chi connectivity index (χ3n) is 5.63. The molecule has 0 amide bonds. The second-order valence-electron chi connectivity index (χ2n) is 7.93. The summed E-state index contributed by atoms with van der Waals surface area (Å²) < 4.78 is 59.0. The number of alkyl halides is 3. The van der Waals surface area contributed by atoms with Gasteiger partial charge in [0.2, 0.25) is 5.95 Å². The van der Waals surface area contributed by atoms with Gasteiger partial charge in [0.05, 0.1) is 35.3 Å². The fraction of sp³-hybridized carbons (Fsp3) is 0.217. The Bertz CT molecular complexity index is 1400. The first-order valence-electron chi connectivity index (χ1n) is 10.5. The number of fused-ring (bicyclic) bond motifs is 1. The summed E-state index contributed by atoms with van der Waals surface area (Å²) in [6.07, 6.45) is -2.46. The molecule has 0 aliphatic carbocycles. The van der Waals surface area contributed by atoms with E-state index in [2.05, 4.69) is 19.9 Å². The van der Waals surface area contributed by atoms with Gasteiger partial charge in [0.25, 0.3) is 0 Å². The normalized spacial score (nSPS) is 16.6.